The van der Waals surface area contributed by atoms with Crippen molar-refractivity contribution in [2.75, 3.05) is 10.6 Å². The van der Waals surface area contributed by atoms with Crippen LogP contribution in [-0.4, -0.2) is 11.9 Å². The number of carbonyl (C=O) groups excluding carboxylic acids is 2. The third-order valence-electron chi connectivity index (χ3n) is 2.73. The van der Waals surface area contributed by atoms with Crippen LogP contribution in [0.15, 0.2) is 36.4 Å². The van der Waals surface area contributed by atoms with Gasteiger partial charge in [0.1, 0.15) is 17.5 Å². The Hall–Kier alpha value is -3.07. The van der Waals surface area contributed by atoms with Gasteiger partial charge < -0.3 is 10.6 Å². The Morgan fingerprint density at radius 2 is 1.52 bits per heavy atom. The summed E-state index contributed by atoms with van der Waals surface area (Å²) >= 11 is 0. The van der Waals surface area contributed by atoms with Gasteiger partial charge in [0, 0.05) is 11.8 Å². The van der Waals surface area contributed by atoms with Crippen molar-refractivity contribution >= 4 is 23.3 Å². The predicted molar refractivity (Wildman–Crippen MR) is 77.1 cm³/mol. The molecule has 0 aliphatic heterocycles. The van der Waals surface area contributed by atoms with Crippen molar-refractivity contribution in [1.82, 2.24) is 5.43 Å². The van der Waals surface area contributed by atoms with E-state index in [4.69, 9.17) is 5.84 Å². The Kier molecular flexibility index (Phi) is 4.82. The number of halogens is 3. The molecule has 0 aliphatic rings. The second-order valence-electron chi connectivity index (χ2n) is 4.40. The van der Waals surface area contributed by atoms with Crippen LogP contribution in [0.5, 0.6) is 0 Å². The van der Waals surface area contributed by atoms with Gasteiger partial charge in [-0.2, -0.15) is 0 Å². The van der Waals surface area contributed by atoms with Crippen LogP contribution in [0.1, 0.15) is 10.4 Å². The lowest BCUT2D eigenvalue weighted by Gasteiger charge is -2.11. The first-order valence-corrected chi connectivity index (χ1v) is 6.23. The molecule has 0 aliphatic carbocycles. The molecule has 0 radical (unpaired) electrons. The van der Waals surface area contributed by atoms with Crippen molar-refractivity contribution in [1.29, 1.82) is 0 Å². The number of nitrogens with two attached hydrogens (primary N) is 1. The van der Waals surface area contributed by atoms with Gasteiger partial charge in [0.25, 0.3) is 5.91 Å². The fourth-order valence-corrected chi connectivity index (χ4v) is 1.81. The van der Waals surface area contributed by atoms with Crippen LogP contribution in [0.3, 0.4) is 0 Å². The van der Waals surface area contributed by atoms with Crippen molar-refractivity contribution in [3.63, 3.8) is 0 Å². The summed E-state index contributed by atoms with van der Waals surface area (Å²) in [6, 6.07) is 4.52. The lowest BCUT2D eigenvalue weighted by atomic mass is 10.1. The zero-order chi connectivity index (χ0) is 17.0. The Morgan fingerprint density at radius 1 is 0.870 bits per heavy atom. The zero-order valence-corrected chi connectivity index (χ0v) is 11.5. The van der Waals surface area contributed by atoms with E-state index in [0.717, 1.165) is 30.3 Å². The second-order valence-corrected chi connectivity index (χ2v) is 4.40. The summed E-state index contributed by atoms with van der Waals surface area (Å²) < 4.78 is 39.4. The standard InChI is InChI=1S/C14H11F3N4O2/c15-7-1-2-11(13(22)21-18)12(6-7)20-14(23)19-10-4-8(16)3-9(17)5-10/h1-6H,18H2,(H,21,22)(H2,19,20,23). The highest BCUT2D eigenvalue weighted by atomic mass is 19.1. The maximum absolute atomic E-state index is 13.3. The summed E-state index contributed by atoms with van der Waals surface area (Å²) in [7, 11) is 0. The number of rotatable bonds is 3. The highest BCUT2D eigenvalue weighted by Gasteiger charge is 2.14. The van der Waals surface area contributed by atoms with Crippen molar-refractivity contribution in [2.24, 2.45) is 5.84 Å². The normalized spacial score (nSPS) is 10.1. The molecule has 2 aromatic carbocycles. The summed E-state index contributed by atoms with van der Waals surface area (Å²) in [5.41, 5.74) is 1.44. The SMILES string of the molecule is NNC(=O)c1ccc(F)cc1NC(=O)Nc1cc(F)cc(F)c1. The molecule has 0 unspecified atom stereocenters. The number of benzene rings is 2. The van der Waals surface area contributed by atoms with E-state index in [9.17, 15) is 22.8 Å². The third-order valence-corrected chi connectivity index (χ3v) is 2.73. The number of carbonyl (C=O) groups is 2. The highest BCUT2D eigenvalue weighted by Crippen LogP contribution is 2.18. The smallest absolute Gasteiger partial charge is 0.308 e. The van der Waals surface area contributed by atoms with Gasteiger partial charge in [-0.1, -0.05) is 0 Å². The summed E-state index contributed by atoms with van der Waals surface area (Å²) in [5, 5.41) is 4.36. The van der Waals surface area contributed by atoms with Crippen molar-refractivity contribution < 1.29 is 22.8 Å². The molecule has 0 saturated heterocycles. The number of hydrogen-bond acceptors (Lipinski definition) is 3. The van der Waals surface area contributed by atoms with Gasteiger partial charge in [-0.3, -0.25) is 10.2 Å². The van der Waals surface area contributed by atoms with Gasteiger partial charge in [0.2, 0.25) is 0 Å². The lowest BCUT2D eigenvalue weighted by molar-refractivity contribution is 0.0954. The molecule has 120 valence electrons. The second kappa shape index (κ2) is 6.79. The van der Waals surface area contributed by atoms with Gasteiger partial charge in [0.15, 0.2) is 0 Å². The van der Waals surface area contributed by atoms with Crippen LogP contribution in [-0.2, 0) is 0 Å². The Morgan fingerprint density at radius 3 is 2.13 bits per heavy atom. The number of amides is 3. The van der Waals surface area contributed by atoms with Crippen molar-refractivity contribution in [3.05, 3.63) is 59.4 Å². The average Bonchev–Trinajstić information content (AvgIpc) is 2.45. The number of nitrogens with one attached hydrogen (secondary N) is 3. The van der Waals surface area contributed by atoms with Gasteiger partial charge >= 0.3 is 6.03 Å². The van der Waals surface area contributed by atoms with E-state index in [-0.39, 0.29) is 16.9 Å². The van der Waals surface area contributed by atoms with E-state index in [1.807, 2.05) is 5.43 Å². The van der Waals surface area contributed by atoms with E-state index >= 15 is 0 Å². The summed E-state index contributed by atoms with van der Waals surface area (Å²) in [6.07, 6.45) is 0. The molecule has 5 N–H and O–H groups in total. The van der Waals surface area contributed by atoms with Crippen molar-refractivity contribution in [3.8, 4) is 0 Å². The Bertz CT molecular complexity index is 747. The number of anilines is 2. The minimum Gasteiger partial charge on any atom is -0.308 e. The molecule has 9 heteroatoms. The molecule has 0 saturated carbocycles. The van der Waals surface area contributed by atoms with Gasteiger partial charge in [0.05, 0.1) is 11.3 Å². The van der Waals surface area contributed by atoms with E-state index in [0.29, 0.717) is 6.07 Å². The number of hydrazine groups is 1. The van der Waals surface area contributed by atoms with Gasteiger partial charge in [-0.25, -0.2) is 23.8 Å². The van der Waals surface area contributed by atoms with E-state index in [2.05, 4.69) is 10.6 Å². The van der Waals surface area contributed by atoms with Crippen LogP contribution >= 0.6 is 0 Å². The summed E-state index contributed by atoms with van der Waals surface area (Å²) in [4.78, 5) is 23.4. The van der Waals surface area contributed by atoms with E-state index in [1.165, 1.54) is 0 Å². The van der Waals surface area contributed by atoms with Crippen LogP contribution in [0, 0.1) is 17.5 Å². The molecule has 2 rings (SSSR count). The maximum atomic E-state index is 13.3. The Labute approximate surface area is 128 Å². The first kappa shape index (κ1) is 16.3. The van der Waals surface area contributed by atoms with Crippen LogP contribution in [0.25, 0.3) is 0 Å². The van der Waals surface area contributed by atoms with Crippen LogP contribution in [0.2, 0.25) is 0 Å². The zero-order valence-electron chi connectivity index (χ0n) is 11.5. The summed E-state index contributed by atoms with van der Waals surface area (Å²) in [6.45, 7) is 0. The molecule has 0 bridgehead atoms. The van der Waals surface area contributed by atoms with E-state index in [1.54, 1.807) is 0 Å². The number of hydrogen-bond donors (Lipinski definition) is 4. The fraction of sp³-hybridized carbons (Fsp3) is 0. The van der Waals surface area contributed by atoms with E-state index < -0.39 is 29.4 Å². The lowest BCUT2D eigenvalue weighted by Crippen LogP contribution is -2.31. The summed E-state index contributed by atoms with van der Waals surface area (Å²) in [5.74, 6) is 1.78. The maximum Gasteiger partial charge on any atom is 0.323 e. The fourth-order valence-electron chi connectivity index (χ4n) is 1.81. The molecular formula is C14H11F3N4O2. The third kappa shape index (κ3) is 4.20. The van der Waals surface area contributed by atoms with Crippen LogP contribution in [0.4, 0.5) is 29.3 Å². The first-order chi connectivity index (χ1) is 10.9. The topological polar surface area (TPSA) is 96.2 Å². The van der Waals surface area contributed by atoms with Gasteiger partial charge in [-0.15, -0.1) is 0 Å². The van der Waals surface area contributed by atoms with Crippen LogP contribution < -0.4 is 21.9 Å². The largest absolute Gasteiger partial charge is 0.323 e. The molecule has 23 heavy (non-hydrogen) atoms. The van der Waals surface area contributed by atoms with Crippen molar-refractivity contribution in [2.45, 2.75) is 0 Å². The molecular weight excluding hydrogens is 313 g/mol. The molecule has 0 aromatic heterocycles. The number of urea groups is 1. The minimum absolute atomic E-state index is 0.0885. The molecule has 0 atom stereocenters. The quantitative estimate of drug-likeness (QED) is 0.396. The molecule has 0 heterocycles. The Balaban J connectivity index is 2.19. The highest BCUT2D eigenvalue weighted by molar-refractivity contribution is 6.06. The predicted octanol–water partition coefficient (Wildman–Crippen LogP) is 2.35. The molecule has 2 aromatic rings. The number of nitrogen functional groups attached to an aromatic ring is 1. The molecule has 0 fully saturated rings. The molecule has 0 spiro atoms. The molecule has 6 nitrogen and oxygen atoms in total. The minimum atomic E-state index is -0.924. The monoisotopic (exact) mass is 324 g/mol. The van der Waals surface area contributed by atoms with Gasteiger partial charge in [-0.05, 0) is 30.3 Å². The average molecular weight is 324 g/mol. The molecule has 3 amide bonds. The first-order valence-electron chi connectivity index (χ1n) is 6.23.